The van der Waals surface area contributed by atoms with Gasteiger partial charge in [0, 0.05) is 85.8 Å². The van der Waals surface area contributed by atoms with Gasteiger partial charge >= 0.3 is 0 Å². The fourth-order valence-corrected chi connectivity index (χ4v) is 7.29. The SMILES string of the molecule is C[C@@H]1Cc2c([nH]c3ccccc23)[C@@H](c2cnc(N3CCN(C[C@H]4CCCC[C@@H]4C=O)CC3)nc2)N1CC(C)(C)F. The summed E-state index contributed by atoms with van der Waals surface area (Å²) in [7, 11) is 0. The highest BCUT2D eigenvalue weighted by Gasteiger charge is 2.39. The maximum atomic E-state index is 15.0. The minimum atomic E-state index is -1.32. The molecular weight excluding hydrogens is 503 g/mol. The number of piperazine rings is 1. The van der Waals surface area contributed by atoms with Gasteiger partial charge in [-0.05, 0) is 57.6 Å². The standard InChI is InChI=1S/C32H43FN6O/c1-22-16-27-26-10-6-7-11-28(26)36-29(27)30(39(22)21-32(2,3)33)25-17-34-31(35-18-25)38-14-12-37(13-15-38)19-23-8-4-5-9-24(23)20-40/h6-7,10-11,17-18,20,22-24,30,36H,4-5,8-9,12-16,19,21H2,1-3H3/t22-,23-,24-,30-/m1/s1. The molecule has 3 aromatic rings. The van der Waals surface area contributed by atoms with Crippen LogP contribution in [0.3, 0.4) is 0 Å². The Morgan fingerprint density at radius 3 is 2.52 bits per heavy atom. The topological polar surface area (TPSA) is 68.4 Å². The molecule has 0 spiro atoms. The van der Waals surface area contributed by atoms with Crippen LogP contribution in [-0.4, -0.2) is 82.0 Å². The Morgan fingerprint density at radius 1 is 1.07 bits per heavy atom. The number of fused-ring (bicyclic) bond motifs is 3. The third-order valence-electron chi connectivity index (χ3n) is 9.34. The number of alkyl halides is 1. The van der Waals surface area contributed by atoms with E-state index in [2.05, 4.69) is 50.9 Å². The molecule has 2 aromatic heterocycles. The number of H-pyrrole nitrogens is 1. The lowest BCUT2D eigenvalue weighted by Gasteiger charge is -2.42. The Morgan fingerprint density at radius 2 is 1.80 bits per heavy atom. The molecule has 4 atom stereocenters. The van der Waals surface area contributed by atoms with Gasteiger partial charge in [-0.3, -0.25) is 9.80 Å². The summed E-state index contributed by atoms with van der Waals surface area (Å²) in [5.74, 6) is 1.48. The quantitative estimate of drug-likeness (QED) is 0.413. The molecule has 1 aromatic carbocycles. The second kappa shape index (κ2) is 11.2. The van der Waals surface area contributed by atoms with Crippen LogP contribution in [0, 0.1) is 11.8 Å². The highest BCUT2D eigenvalue weighted by molar-refractivity contribution is 5.85. The molecule has 3 aliphatic rings. The van der Waals surface area contributed by atoms with Crippen molar-refractivity contribution in [2.75, 3.05) is 44.2 Å². The average molecular weight is 547 g/mol. The zero-order chi connectivity index (χ0) is 27.9. The smallest absolute Gasteiger partial charge is 0.225 e. The number of aromatic nitrogens is 3. The number of nitrogens with one attached hydrogen (secondary N) is 1. The van der Waals surface area contributed by atoms with Crippen molar-refractivity contribution in [2.45, 2.75) is 70.6 Å². The van der Waals surface area contributed by atoms with Crippen molar-refractivity contribution in [1.29, 1.82) is 0 Å². The maximum Gasteiger partial charge on any atom is 0.225 e. The Hall–Kier alpha value is -2.84. The molecule has 2 fully saturated rings. The van der Waals surface area contributed by atoms with Crippen LogP contribution < -0.4 is 4.90 Å². The lowest BCUT2D eigenvalue weighted by molar-refractivity contribution is -0.113. The number of rotatable bonds is 7. The number of hydrogen-bond donors (Lipinski definition) is 1. The van der Waals surface area contributed by atoms with Crippen molar-refractivity contribution >= 4 is 23.1 Å². The lowest BCUT2D eigenvalue weighted by Crippen LogP contribution is -2.49. The molecule has 2 aliphatic heterocycles. The van der Waals surface area contributed by atoms with Crippen LogP contribution in [0.5, 0.6) is 0 Å². The minimum absolute atomic E-state index is 0.131. The summed E-state index contributed by atoms with van der Waals surface area (Å²) in [5, 5.41) is 1.25. The van der Waals surface area contributed by atoms with Gasteiger partial charge in [0.2, 0.25) is 5.95 Å². The number of nitrogens with zero attached hydrogens (tertiary/aromatic N) is 5. The number of carbonyl (C=O) groups is 1. The van der Waals surface area contributed by atoms with Gasteiger partial charge in [0.15, 0.2) is 0 Å². The molecule has 6 rings (SSSR count). The number of aldehydes is 1. The number of benzene rings is 1. The molecule has 0 radical (unpaired) electrons. The highest BCUT2D eigenvalue weighted by Crippen LogP contribution is 2.41. The van der Waals surface area contributed by atoms with E-state index in [0.29, 0.717) is 12.5 Å². The minimum Gasteiger partial charge on any atom is -0.357 e. The fourth-order valence-electron chi connectivity index (χ4n) is 7.29. The van der Waals surface area contributed by atoms with Gasteiger partial charge in [-0.15, -0.1) is 0 Å². The van der Waals surface area contributed by atoms with E-state index in [1.54, 1.807) is 13.8 Å². The van der Waals surface area contributed by atoms with Gasteiger partial charge in [0.1, 0.15) is 12.0 Å². The van der Waals surface area contributed by atoms with Crippen LogP contribution in [0.25, 0.3) is 10.9 Å². The Labute approximate surface area is 237 Å². The fraction of sp³-hybridized carbons (Fsp3) is 0.594. The first-order valence-electron chi connectivity index (χ1n) is 15.1. The van der Waals surface area contributed by atoms with E-state index in [1.807, 2.05) is 12.4 Å². The molecule has 0 bridgehead atoms. The molecule has 1 saturated heterocycles. The summed E-state index contributed by atoms with van der Waals surface area (Å²) in [6.45, 7) is 10.6. The van der Waals surface area contributed by atoms with E-state index >= 15 is 4.39 Å². The van der Waals surface area contributed by atoms with E-state index in [4.69, 9.17) is 9.97 Å². The van der Waals surface area contributed by atoms with Crippen LogP contribution in [0.4, 0.5) is 10.3 Å². The van der Waals surface area contributed by atoms with Gasteiger partial charge in [0.05, 0.1) is 6.04 Å². The van der Waals surface area contributed by atoms with Crippen molar-refractivity contribution in [3.63, 3.8) is 0 Å². The monoisotopic (exact) mass is 546 g/mol. The highest BCUT2D eigenvalue weighted by atomic mass is 19.1. The van der Waals surface area contributed by atoms with Gasteiger partial charge in [0.25, 0.3) is 0 Å². The third kappa shape index (κ3) is 5.53. The normalized spacial score (nSPS) is 26.6. The van der Waals surface area contributed by atoms with Crippen LogP contribution in [0.1, 0.15) is 69.3 Å². The summed E-state index contributed by atoms with van der Waals surface area (Å²) < 4.78 is 15.0. The molecule has 0 unspecified atom stereocenters. The van der Waals surface area contributed by atoms with Crippen molar-refractivity contribution in [2.24, 2.45) is 11.8 Å². The summed E-state index contributed by atoms with van der Waals surface area (Å²) in [4.78, 5) is 31.9. The van der Waals surface area contributed by atoms with E-state index in [1.165, 1.54) is 36.5 Å². The zero-order valence-electron chi connectivity index (χ0n) is 24.2. The molecule has 7 nitrogen and oxygen atoms in total. The number of halogens is 1. The molecule has 1 N–H and O–H groups in total. The largest absolute Gasteiger partial charge is 0.357 e. The summed E-state index contributed by atoms with van der Waals surface area (Å²) in [5.41, 5.74) is 3.23. The molecule has 1 saturated carbocycles. The maximum absolute atomic E-state index is 15.0. The lowest BCUT2D eigenvalue weighted by atomic mass is 9.80. The molecule has 0 amide bonds. The first kappa shape index (κ1) is 27.3. The first-order valence-corrected chi connectivity index (χ1v) is 15.1. The molecule has 40 heavy (non-hydrogen) atoms. The number of hydrogen-bond acceptors (Lipinski definition) is 6. The van der Waals surface area contributed by atoms with E-state index < -0.39 is 5.67 Å². The number of anilines is 1. The van der Waals surface area contributed by atoms with E-state index in [-0.39, 0.29) is 18.0 Å². The Bertz CT molecular complexity index is 1310. The number of carbonyl (C=O) groups excluding carboxylic acids is 1. The summed E-state index contributed by atoms with van der Waals surface area (Å²) in [6.07, 6.45) is 10.6. The van der Waals surface area contributed by atoms with Gasteiger partial charge in [-0.2, -0.15) is 0 Å². The van der Waals surface area contributed by atoms with Crippen LogP contribution in [0.2, 0.25) is 0 Å². The molecule has 8 heteroatoms. The van der Waals surface area contributed by atoms with E-state index in [0.717, 1.165) is 68.3 Å². The van der Waals surface area contributed by atoms with Crippen molar-refractivity contribution in [3.05, 3.63) is 53.5 Å². The predicted molar refractivity (Wildman–Crippen MR) is 157 cm³/mol. The summed E-state index contributed by atoms with van der Waals surface area (Å²) >= 11 is 0. The molecule has 4 heterocycles. The zero-order valence-corrected chi connectivity index (χ0v) is 24.2. The van der Waals surface area contributed by atoms with Gasteiger partial charge in [-0.25, -0.2) is 14.4 Å². The third-order valence-corrected chi connectivity index (χ3v) is 9.34. The Balaban J connectivity index is 1.20. The second-order valence-corrected chi connectivity index (χ2v) is 12.9. The number of aromatic amines is 1. The molecule has 214 valence electrons. The van der Waals surface area contributed by atoms with Gasteiger partial charge in [-0.1, -0.05) is 31.0 Å². The average Bonchev–Trinajstić information content (AvgIpc) is 3.31. The van der Waals surface area contributed by atoms with Crippen molar-refractivity contribution < 1.29 is 9.18 Å². The molecular formula is C32H43FN6O. The van der Waals surface area contributed by atoms with Crippen LogP contribution >= 0.6 is 0 Å². The van der Waals surface area contributed by atoms with Gasteiger partial charge < -0.3 is 14.7 Å². The first-order chi connectivity index (χ1) is 19.3. The van der Waals surface area contributed by atoms with Crippen molar-refractivity contribution in [3.8, 4) is 0 Å². The van der Waals surface area contributed by atoms with Crippen LogP contribution in [0.15, 0.2) is 36.7 Å². The van der Waals surface area contributed by atoms with Crippen molar-refractivity contribution in [1.82, 2.24) is 24.8 Å². The van der Waals surface area contributed by atoms with Crippen LogP contribution in [-0.2, 0) is 11.2 Å². The number of para-hydroxylation sites is 1. The van der Waals surface area contributed by atoms with E-state index in [9.17, 15) is 4.79 Å². The predicted octanol–water partition coefficient (Wildman–Crippen LogP) is 5.17. The Kier molecular flexibility index (Phi) is 7.66. The second-order valence-electron chi connectivity index (χ2n) is 12.9. The molecule has 1 aliphatic carbocycles. The summed E-state index contributed by atoms with van der Waals surface area (Å²) in [6, 6.07) is 8.48.